The van der Waals surface area contributed by atoms with E-state index in [1.165, 1.54) is 0 Å². The minimum Gasteiger partial charge on any atom is -0.368 e. The van der Waals surface area contributed by atoms with Crippen molar-refractivity contribution < 1.29 is 4.79 Å². The van der Waals surface area contributed by atoms with Gasteiger partial charge in [-0.3, -0.25) is 14.6 Å². The number of carbonyl (C=O) groups excluding carboxylic acids is 1. The molecule has 0 spiro atoms. The number of hydrogen-bond donors (Lipinski definition) is 1. The first kappa shape index (κ1) is 20.0. The van der Waals surface area contributed by atoms with E-state index in [1.807, 2.05) is 25.3 Å². The zero-order valence-electron chi connectivity index (χ0n) is 16.3. The first-order chi connectivity index (χ1) is 14.0. The van der Waals surface area contributed by atoms with Crippen LogP contribution in [0.15, 0.2) is 47.4 Å². The summed E-state index contributed by atoms with van der Waals surface area (Å²) in [7, 11) is 0. The van der Waals surface area contributed by atoms with Crippen LogP contribution in [0.4, 0.5) is 0 Å². The Morgan fingerprint density at radius 1 is 1.28 bits per heavy atom. The first-order valence-corrected chi connectivity index (χ1v) is 11.1. The van der Waals surface area contributed by atoms with Crippen LogP contribution in [0.25, 0.3) is 0 Å². The molecule has 5 nitrogen and oxygen atoms in total. The van der Waals surface area contributed by atoms with Crippen LogP contribution in [-0.4, -0.2) is 52.5 Å². The van der Waals surface area contributed by atoms with Gasteiger partial charge in [-0.1, -0.05) is 48.1 Å². The van der Waals surface area contributed by atoms with Crippen LogP contribution in [0.3, 0.4) is 0 Å². The predicted octanol–water partition coefficient (Wildman–Crippen LogP) is 2.64. The predicted molar refractivity (Wildman–Crippen MR) is 119 cm³/mol. The molecule has 1 amide bonds. The van der Waals surface area contributed by atoms with Gasteiger partial charge in [0.25, 0.3) is 0 Å². The topological polar surface area (TPSA) is 72.9 Å². The van der Waals surface area contributed by atoms with Gasteiger partial charge >= 0.3 is 0 Å². The molecule has 0 saturated carbocycles. The molecule has 7 heteroatoms. The van der Waals surface area contributed by atoms with Crippen molar-refractivity contribution in [3.8, 4) is 6.07 Å². The number of hydrogen-bond acceptors (Lipinski definition) is 6. The number of nitrogens with two attached hydrogens (primary N) is 1. The molecule has 4 rings (SSSR count). The van der Waals surface area contributed by atoms with Crippen molar-refractivity contribution in [2.24, 2.45) is 5.73 Å². The van der Waals surface area contributed by atoms with Crippen molar-refractivity contribution in [2.45, 2.75) is 29.6 Å². The Kier molecular flexibility index (Phi) is 5.21. The highest BCUT2D eigenvalue weighted by atomic mass is 32.2. The molecular weight excluding hydrogens is 400 g/mol. The van der Waals surface area contributed by atoms with Gasteiger partial charge in [0, 0.05) is 28.9 Å². The van der Waals surface area contributed by atoms with Gasteiger partial charge in [0.2, 0.25) is 5.91 Å². The summed E-state index contributed by atoms with van der Waals surface area (Å²) in [5, 5.41) is 11.3. The Bertz CT molecular complexity index is 1020. The summed E-state index contributed by atoms with van der Waals surface area (Å²) < 4.78 is 0. The summed E-state index contributed by atoms with van der Waals surface area (Å²) in [6.07, 6.45) is 2.04. The molecule has 0 radical (unpaired) electrons. The molecule has 2 aromatic rings. The highest BCUT2D eigenvalue weighted by Crippen LogP contribution is 2.51. The Hall–Kier alpha value is -2.24. The quantitative estimate of drug-likeness (QED) is 0.420. The zero-order chi connectivity index (χ0) is 20.8. The highest BCUT2D eigenvalue weighted by molar-refractivity contribution is 7.98. The number of nitriles is 1. The van der Waals surface area contributed by atoms with E-state index in [2.05, 4.69) is 46.2 Å². The average molecular weight is 423 g/mol. The molecule has 2 saturated heterocycles. The lowest BCUT2D eigenvalue weighted by molar-refractivity contribution is -0.119. The van der Waals surface area contributed by atoms with Gasteiger partial charge in [0.1, 0.15) is 17.7 Å². The zero-order valence-corrected chi connectivity index (χ0v) is 18.0. The Balaban J connectivity index is 1.99. The van der Waals surface area contributed by atoms with Crippen molar-refractivity contribution in [3.05, 3.63) is 64.7 Å². The normalized spacial score (nSPS) is 26.8. The molecule has 0 aromatic heterocycles. The number of rotatable bonds is 7. The van der Waals surface area contributed by atoms with Gasteiger partial charge in [-0.2, -0.15) is 5.26 Å². The Labute approximate surface area is 180 Å². The van der Waals surface area contributed by atoms with Gasteiger partial charge in [-0.25, -0.2) is 0 Å². The average Bonchev–Trinajstić information content (AvgIpc) is 3.64. The number of nitrogens with zero attached hydrogens (tertiary/aromatic N) is 3. The monoisotopic (exact) mass is 422 g/mol. The Morgan fingerprint density at radius 3 is 2.52 bits per heavy atom. The second-order valence-corrected chi connectivity index (χ2v) is 8.59. The third-order valence-corrected chi connectivity index (χ3v) is 6.73. The standard InChI is InChI=1S/C22H22N4OS2/c1-14-3-4-15(13-28)19(9-14)22(25-11-17(25)10-23,26-12-20(26)21(24)27)16-5-7-18(29-2)8-6-16/h3-9,13,17,20H,11-12H2,1-2H3,(H2,24,27). The van der Waals surface area contributed by atoms with Crippen LogP contribution in [0.5, 0.6) is 0 Å². The molecule has 148 valence electrons. The largest absolute Gasteiger partial charge is 0.368 e. The lowest BCUT2D eigenvalue weighted by Crippen LogP contribution is -2.47. The minimum atomic E-state index is -0.756. The fourth-order valence-electron chi connectivity index (χ4n) is 4.21. The summed E-state index contributed by atoms with van der Waals surface area (Å²) in [4.78, 5) is 17.5. The Morgan fingerprint density at radius 2 is 2.00 bits per heavy atom. The van der Waals surface area contributed by atoms with E-state index in [-0.39, 0.29) is 18.0 Å². The van der Waals surface area contributed by atoms with Crippen LogP contribution in [0.1, 0.15) is 22.3 Å². The molecule has 0 aliphatic carbocycles. The number of amides is 1. The van der Waals surface area contributed by atoms with Crippen LogP contribution >= 0.6 is 24.0 Å². The van der Waals surface area contributed by atoms with Crippen molar-refractivity contribution in [2.75, 3.05) is 19.3 Å². The van der Waals surface area contributed by atoms with Crippen LogP contribution in [0, 0.1) is 18.3 Å². The molecule has 29 heavy (non-hydrogen) atoms. The summed E-state index contributed by atoms with van der Waals surface area (Å²) in [6.45, 7) is 3.22. The number of aryl methyl sites for hydroxylation is 1. The fraction of sp³-hybridized carbons (Fsp3) is 0.318. The van der Waals surface area contributed by atoms with Crippen molar-refractivity contribution in [1.82, 2.24) is 9.80 Å². The number of benzene rings is 2. The summed E-state index contributed by atoms with van der Waals surface area (Å²) >= 11 is 7.01. The van der Waals surface area contributed by atoms with E-state index in [0.717, 1.165) is 27.1 Å². The van der Waals surface area contributed by atoms with Crippen molar-refractivity contribution in [1.29, 1.82) is 5.26 Å². The second kappa shape index (κ2) is 7.54. The lowest BCUT2D eigenvalue weighted by Gasteiger charge is -2.40. The molecule has 5 unspecified atom stereocenters. The number of carbonyl (C=O) groups is 1. The van der Waals surface area contributed by atoms with Crippen LogP contribution < -0.4 is 5.73 Å². The molecule has 0 bridgehead atoms. The van der Waals surface area contributed by atoms with E-state index >= 15 is 0 Å². The van der Waals surface area contributed by atoms with Gasteiger partial charge in [0.15, 0.2) is 0 Å². The van der Waals surface area contributed by atoms with Gasteiger partial charge < -0.3 is 5.73 Å². The van der Waals surface area contributed by atoms with Crippen molar-refractivity contribution in [3.63, 3.8) is 0 Å². The molecule has 2 heterocycles. The fourth-order valence-corrected chi connectivity index (χ4v) is 4.82. The molecule has 5 atom stereocenters. The van der Waals surface area contributed by atoms with E-state index in [0.29, 0.717) is 13.1 Å². The molecular formula is C22H22N4OS2. The molecule has 2 aliphatic rings. The summed E-state index contributed by atoms with van der Waals surface area (Å²) in [5.74, 6) is -0.345. The van der Waals surface area contributed by atoms with Gasteiger partial charge in [0.05, 0.1) is 6.07 Å². The maximum absolute atomic E-state index is 12.1. The van der Waals surface area contributed by atoms with Gasteiger partial charge in [-0.15, -0.1) is 11.8 Å². The van der Waals surface area contributed by atoms with E-state index in [1.54, 1.807) is 17.1 Å². The smallest absolute Gasteiger partial charge is 0.236 e. The number of primary amides is 1. The SMILES string of the molecule is CSc1ccc(C(c2cc(C)ccc2C=S)(N2CC2C#N)N2CC2C(N)=O)cc1. The third kappa shape index (κ3) is 3.26. The maximum atomic E-state index is 12.1. The second-order valence-electron chi connectivity index (χ2n) is 7.48. The van der Waals surface area contributed by atoms with Crippen LogP contribution in [0.2, 0.25) is 0 Å². The molecule has 2 N–H and O–H groups in total. The minimum absolute atomic E-state index is 0.220. The maximum Gasteiger partial charge on any atom is 0.236 e. The summed E-state index contributed by atoms with van der Waals surface area (Å²) in [5.41, 5.74) is 8.94. The van der Waals surface area contributed by atoms with E-state index in [4.69, 9.17) is 18.0 Å². The van der Waals surface area contributed by atoms with Gasteiger partial charge in [-0.05, 0) is 36.4 Å². The molecule has 2 aliphatic heterocycles. The molecule has 2 aromatic carbocycles. The highest BCUT2D eigenvalue weighted by Gasteiger charge is 2.63. The first-order valence-electron chi connectivity index (χ1n) is 9.40. The number of thiocarbonyl (C=S) groups is 1. The molecule has 2 fully saturated rings. The van der Waals surface area contributed by atoms with Crippen LogP contribution in [-0.2, 0) is 10.5 Å². The number of thioether (sulfide) groups is 1. The van der Waals surface area contributed by atoms with E-state index < -0.39 is 5.66 Å². The van der Waals surface area contributed by atoms with Crippen molar-refractivity contribution >= 4 is 35.3 Å². The third-order valence-electron chi connectivity index (χ3n) is 5.74. The van der Waals surface area contributed by atoms with E-state index in [9.17, 15) is 10.1 Å². The lowest BCUT2D eigenvalue weighted by atomic mass is 9.86. The summed E-state index contributed by atoms with van der Waals surface area (Å²) in [6, 6.07) is 16.3.